The smallest absolute Gasteiger partial charge is 0.416 e. The fourth-order valence-electron chi connectivity index (χ4n) is 2.74. The number of oxazole rings is 1. The lowest BCUT2D eigenvalue weighted by atomic mass is 10.1. The van der Waals surface area contributed by atoms with E-state index in [2.05, 4.69) is 26.6 Å². The van der Waals surface area contributed by atoms with Crippen molar-refractivity contribution in [3.05, 3.63) is 52.5 Å². The summed E-state index contributed by atoms with van der Waals surface area (Å²) in [5, 5.41) is 20.7. The highest BCUT2D eigenvalue weighted by Crippen LogP contribution is 2.28. The minimum Gasteiger partial charge on any atom is -0.416 e. The average Bonchev–Trinajstić information content (AvgIpc) is 3.26. The van der Waals surface area contributed by atoms with Gasteiger partial charge < -0.3 is 14.2 Å². The number of nitrogens with zero attached hydrogens (tertiary/aromatic N) is 3. The zero-order valence-electron chi connectivity index (χ0n) is 14.6. The third-order valence-electron chi connectivity index (χ3n) is 3.92. The Bertz CT molecular complexity index is 1230. The van der Waals surface area contributed by atoms with E-state index in [0.717, 1.165) is 5.69 Å². The number of anilines is 1. The molecule has 0 spiro atoms. The SMILES string of the molecule is CC(C)Nc1ccc(-c2nnc(-c3ccc4[nH]c(=O)oc4c3)o2)cc1C#N. The van der Waals surface area contributed by atoms with Gasteiger partial charge in [-0.25, -0.2) is 4.79 Å². The molecule has 8 heteroatoms. The number of hydrogen-bond acceptors (Lipinski definition) is 7. The van der Waals surface area contributed by atoms with Gasteiger partial charge in [0.15, 0.2) is 5.58 Å². The van der Waals surface area contributed by atoms with Crippen molar-refractivity contribution in [3.8, 4) is 29.0 Å². The van der Waals surface area contributed by atoms with Crippen LogP contribution in [0.3, 0.4) is 0 Å². The summed E-state index contributed by atoms with van der Waals surface area (Å²) in [4.78, 5) is 13.8. The molecule has 0 saturated heterocycles. The number of fused-ring (bicyclic) bond motifs is 1. The van der Waals surface area contributed by atoms with Crippen LogP contribution in [-0.2, 0) is 0 Å². The molecule has 0 saturated carbocycles. The van der Waals surface area contributed by atoms with E-state index in [9.17, 15) is 10.1 Å². The Labute approximate surface area is 153 Å². The Morgan fingerprint density at radius 1 is 1.07 bits per heavy atom. The zero-order valence-corrected chi connectivity index (χ0v) is 14.6. The quantitative estimate of drug-likeness (QED) is 0.570. The first-order chi connectivity index (χ1) is 13.0. The van der Waals surface area contributed by atoms with Crippen LogP contribution in [-0.4, -0.2) is 21.2 Å². The lowest BCUT2D eigenvalue weighted by Crippen LogP contribution is -2.10. The van der Waals surface area contributed by atoms with E-state index < -0.39 is 5.76 Å². The van der Waals surface area contributed by atoms with E-state index in [0.29, 0.717) is 39.6 Å². The van der Waals surface area contributed by atoms with Crippen molar-refractivity contribution in [2.75, 3.05) is 5.32 Å². The van der Waals surface area contributed by atoms with Crippen LogP contribution in [0.15, 0.2) is 50.0 Å². The molecule has 2 heterocycles. The topological polar surface area (TPSA) is 121 Å². The molecule has 0 unspecified atom stereocenters. The molecule has 2 N–H and O–H groups in total. The first-order valence-electron chi connectivity index (χ1n) is 8.31. The number of aromatic nitrogens is 3. The second-order valence-corrected chi connectivity index (χ2v) is 6.31. The molecule has 4 aromatic rings. The summed E-state index contributed by atoms with van der Waals surface area (Å²) in [6.45, 7) is 4.01. The van der Waals surface area contributed by atoms with Gasteiger partial charge in [-0.2, -0.15) is 5.26 Å². The fraction of sp³-hybridized carbons (Fsp3) is 0.158. The van der Waals surface area contributed by atoms with Crippen LogP contribution in [0.2, 0.25) is 0 Å². The Balaban J connectivity index is 1.69. The van der Waals surface area contributed by atoms with E-state index in [1.807, 2.05) is 26.0 Å². The van der Waals surface area contributed by atoms with Crippen LogP contribution in [0.25, 0.3) is 34.0 Å². The van der Waals surface area contributed by atoms with Gasteiger partial charge in [0.25, 0.3) is 0 Å². The first-order valence-corrected chi connectivity index (χ1v) is 8.31. The average molecular weight is 361 g/mol. The second-order valence-electron chi connectivity index (χ2n) is 6.31. The third-order valence-corrected chi connectivity index (χ3v) is 3.92. The maximum atomic E-state index is 11.3. The predicted octanol–water partition coefficient (Wildman–Crippen LogP) is 3.53. The maximum Gasteiger partial charge on any atom is 0.417 e. The van der Waals surface area contributed by atoms with Crippen LogP contribution >= 0.6 is 0 Å². The lowest BCUT2D eigenvalue weighted by Gasteiger charge is -2.11. The molecule has 0 aliphatic rings. The molecule has 0 aliphatic heterocycles. The Hall–Kier alpha value is -3.86. The fourth-order valence-corrected chi connectivity index (χ4v) is 2.74. The molecule has 27 heavy (non-hydrogen) atoms. The van der Waals surface area contributed by atoms with E-state index in [4.69, 9.17) is 8.83 Å². The van der Waals surface area contributed by atoms with Crippen LogP contribution in [0.4, 0.5) is 5.69 Å². The monoisotopic (exact) mass is 361 g/mol. The molecule has 0 aliphatic carbocycles. The standard InChI is InChI=1S/C19H15N5O3/c1-10(2)21-14-5-3-11(7-13(14)9-20)17-23-24-18(27-17)12-4-6-15-16(8-12)26-19(25)22-15/h3-8,10,21H,1-2H3,(H,22,25). The van der Waals surface area contributed by atoms with Crippen molar-refractivity contribution in [1.82, 2.24) is 15.2 Å². The van der Waals surface area contributed by atoms with E-state index in [-0.39, 0.29) is 6.04 Å². The number of nitriles is 1. The Morgan fingerprint density at radius 3 is 2.48 bits per heavy atom. The van der Waals surface area contributed by atoms with Crippen molar-refractivity contribution >= 4 is 16.8 Å². The summed E-state index contributed by atoms with van der Waals surface area (Å²) in [5.74, 6) is 0.0688. The van der Waals surface area contributed by atoms with Crippen LogP contribution < -0.4 is 11.1 Å². The molecule has 2 aromatic heterocycles. The number of rotatable bonds is 4. The highest BCUT2D eigenvalue weighted by Gasteiger charge is 2.14. The molecule has 4 rings (SSSR count). The molecule has 0 fully saturated rings. The predicted molar refractivity (Wildman–Crippen MR) is 99.0 cm³/mol. The molecule has 0 amide bonds. The second kappa shape index (κ2) is 6.46. The van der Waals surface area contributed by atoms with E-state index >= 15 is 0 Å². The van der Waals surface area contributed by atoms with Crippen molar-refractivity contribution < 1.29 is 8.83 Å². The van der Waals surface area contributed by atoms with Gasteiger partial charge in [-0.3, -0.25) is 4.98 Å². The van der Waals surface area contributed by atoms with E-state index in [1.165, 1.54) is 0 Å². The lowest BCUT2D eigenvalue weighted by molar-refractivity contribution is 0.554. The van der Waals surface area contributed by atoms with Gasteiger partial charge in [0.2, 0.25) is 11.8 Å². The molecule has 0 bridgehead atoms. The summed E-state index contributed by atoms with van der Waals surface area (Å²) in [7, 11) is 0. The molecule has 0 radical (unpaired) electrons. The first kappa shape index (κ1) is 16.6. The van der Waals surface area contributed by atoms with Gasteiger partial charge in [0, 0.05) is 17.2 Å². The number of H-pyrrole nitrogens is 1. The zero-order chi connectivity index (χ0) is 19.0. The molecule has 0 atom stereocenters. The summed E-state index contributed by atoms with van der Waals surface area (Å²) >= 11 is 0. The normalized spacial score (nSPS) is 11.0. The molecule has 134 valence electrons. The van der Waals surface area contributed by atoms with Gasteiger partial charge in [-0.1, -0.05) is 0 Å². The maximum absolute atomic E-state index is 11.3. The van der Waals surface area contributed by atoms with Gasteiger partial charge in [0.1, 0.15) is 6.07 Å². The molecular weight excluding hydrogens is 346 g/mol. The minimum atomic E-state index is -0.521. The number of benzene rings is 2. The van der Waals surface area contributed by atoms with Crippen LogP contribution in [0.1, 0.15) is 19.4 Å². The summed E-state index contributed by atoms with van der Waals surface area (Å²) in [6.07, 6.45) is 0. The van der Waals surface area contributed by atoms with Crippen molar-refractivity contribution in [2.24, 2.45) is 0 Å². The van der Waals surface area contributed by atoms with Crippen LogP contribution in [0, 0.1) is 11.3 Å². The summed E-state index contributed by atoms with van der Waals surface area (Å²) in [6, 6.07) is 12.8. The van der Waals surface area contributed by atoms with Crippen molar-refractivity contribution in [3.63, 3.8) is 0 Å². The van der Waals surface area contributed by atoms with Gasteiger partial charge in [-0.15, -0.1) is 10.2 Å². The van der Waals surface area contributed by atoms with Gasteiger partial charge in [-0.05, 0) is 50.2 Å². The van der Waals surface area contributed by atoms with E-state index in [1.54, 1.807) is 24.3 Å². The van der Waals surface area contributed by atoms with Crippen molar-refractivity contribution in [2.45, 2.75) is 19.9 Å². The highest BCUT2D eigenvalue weighted by atomic mass is 16.4. The third kappa shape index (κ3) is 3.18. The minimum absolute atomic E-state index is 0.210. The highest BCUT2D eigenvalue weighted by molar-refractivity contribution is 5.78. The largest absolute Gasteiger partial charge is 0.417 e. The Kier molecular flexibility index (Phi) is 3.97. The Morgan fingerprint density at radius 2 is 1.78 bits per heavy atom. The number of hydrogen-bond donors (Lipinski definition) is 2. The van der Waals surface area contributed by atoms with Crippen molar-refractivity contribution in [1.29, 1.82) is 5.26 Å². The molecule has 8 nitrogen and oxygen atoms in total. The van der Waals surface area contributed by atoms with Gasteiger partial charge in [0.05, 0.1) is 16.8 Å². The number of nitrogens with one attached hydrogen (secondary N) is 2. The number of aromatic amines is 1. The summed E-state index contributed by atoms with van der Waals surface area (Å²) < 4.78 is 10.8. The summed E-state index contributed by atoms with van der Waals surface area (Å²) in [5.41, 5.74) is 3.53. The molecular formula is C19H15N5O3. The molecule has 2 aromatic carbocycles. The van der Waals surface area contributed by atoms with Gasteiger partial charge >= 0.3 is 5.76 Å². The van der Waals surface area contributed by atoms with Crippen LogP contribution in [0.5, 0.6) is 0 Å².